The second-order valence-electron chi connectivity index (χ2n) is 3.17. The van der Waals surface area contributed by atoms with Gasteiger partial charge >= 0.3 is 5.97 Å². The Morgan fingerprint density at radius 3 is 2.43 bits per heavy atom. The molecule has 0 saturated carbocycles. The molecule has 0 rings (SSSR count). The summed E-state index contributed by atoms with van der Waals surface area (Å²) in [5.74, 6) is -1.66. The van der Waals surface area contributed by atoms with Gasteiger partial charge in [0, 0.05) is 5.92 Å². The first-order chi connectivity index (χ1) is 6.54. The lowest BCUT2D eigenvalue weighted by atomic mass is 9.96. The molecule has 80 valence electrons. The number of aliphatic carboxylic acids is 1. The van der Waals surface area contributed by atoms with E-state index in [0.717, 1.165) is 0 Å². The zero-order valence-corrected chi connectivity index (χ0v) is 8.78. The molecule has 0 aliphatic carbocycles. The minimum Gasteiger partial charge on any atom is -0.480 e. The fraction of sp³-hybridized carbons (Fsp3) is 0.600. The predicted octanol–water partition coefficient (Wildman–Crippen LogP) is 0.830. The SMILES string of the molecule is CC=CC[C@@H](C)C(=O)[C@H](NC)C(=O)O. The number of carbonyl (C=O) groups is 2. The average Bonchev–Trinajstić information content (AvgIpc) is 2.14. The molecule has 0 bridgehead atoms. The molecule has 14 heavy (non-hydrogen) atoms. The van der Waals surface area contributed by atoms with Crippen LogP contribution in [0.1, 0.15) is 20.3 Å². The number of carboxylic acids is 1. The van der Waals surface area contributed by atoms with Gasteiger partial charge in [0.2, 0.25) is 0 Å². The smallest absolute Gasteiger partial charge is 0.328 e. The van der Waals surface area contributed by atoms with Crippen molar-refractivity contribution in [3.05, 3.63) is 12.2 Å². The highest BCUT2D eigenvalue weighted by molar-refractivity contribution is 6.03. The van der Waals surface area contributed by atoms with E-state index in [-0.39, 0.29) is 11.7 Å². The number of allylic oxidation sites excluding steroid dienone is 2. The topological polar surface area (TPSA) is 66.4 Å². The number of rotatable bonds is 6. The lowest BCUT2D eigenvalue weighted by Gasteiger charge is -2.14. The number of ketones is 1. The minimum absolute atomic E-state index is 0.264. The molecule has 0 unspecified atom stereocenters. The third-order valence-electron chi connectivity index (χ3n) is 2.03. The van der Waals surface area contributed by atoms with Crippen LogP contribution in [0.5, 0.6) is 0 Å². The van der Waals surface area contributed by atoms with Gasteiger partial charge in [-0.25, -0.2) is 0 Å². The molecule has 0 spiro atoms. The monoisotopic (exact) mass is 199 g/mol. The van der Waals surface area contributed by atoms with E-state index in [2.05, 4.69) is 5.32 Å². The van der Waals surface area contributed by atoms with Crippen LogP contribution >= 0.6 is 0 Å². The Morgan fingerprint density at radius 2 is 2.07 bits per heavy atom. The fourth-order valence-corrected chi connectivity index (χ4v) is 1.13. The van der Waals surface area contributed by atoms with Crippen LogP contribution in [0.15, 0.2) is 12.2 Å². The van der Waals surface area contributed by atoms with Crippen LogP contribution in [0.4, 0.5) is 0 Å². The van der Waals surface area contributed by atoms with Crippen molar-refractivity contribution in [2.45, 2.75) is 26.3 Å². The highest BCUT2D eigenvalue weighted by Gasteiger charge is 2.27. The van der Waals surface area contributed by atoms with E-state index in [0.29, 0.717) is 6.42 Å². The molecule has 0 fully saturated rings. The number of Topliss-reactive ketones (excluding diaryl/α,β-unsaturated/α-hetero) is 1. The molecule has 2 atom stereocenters. The zero-order valence-electron chi connectivity index (χ0n) is 8.78. The van der Waals surface area contributed by atoms with Crippen LogP contribution < -0.4 is 5.32 Å². The number of hydrogen-bond acceptors (Lipinski definition) is 3. The summed E-state index contributed by atoms with van der Waals surface area (Å²) < 4.78 is 0. The third kappa shape index (κ3) is 3.70. The number of carboxylic acid groups (broad SMARTS) is 1. The summed E-state index contributed by atoms with van der Waals surface area (Å²) in [7, 11) is 1.47. The minimum atomic E-state index is -1.12. The summed E-state index contributed by atoms with van der Waals surface area (Å²) in [5.41, 5.74) is 0. The van der Waals surface area contributed by atoms with Gasteiger partial charge < -0.3 is 10.4 Å². The Hall–Kier alpha value is -1.16. The predicted molar refractivity (Wildman–Crippen MR) is 54.1 cm³/mol. The molecule has 0 heterocycles. The first-order valence-electron chi connectivity index (χ1n) is 4.59. The summed E-state index contributed by atoms with van der Waals surface area (Å²) in [4.78, 5) is 22.2. The second kappa shape index (κ2) is 6.32. The van der Waals surface area contributed by atoms with Crippen molar-refractivity contribution in [3.63, 3.8) is 0 Å². The molecule has 2 N–H and O–H groups in total. The van der Waals surface area contributed by atoms with Crippen molar-refractivity contribution in [1.29, 1.82) is 0 Å². The maximum atomic E-state index is 11.5. The molecule has 4 heteroatoms. The van der Waals surface area contributed by atoms with Crippen LogP contribution in [0.3, 0.4) is 0 Å². The van der Waals surface area contributed by atoms with Gasteiger partial charge in [-0.05, 0) is 20.4 Å². The highest BCUT2D eigenvalue weighted by atomic mass is 16.4. The molecule has 0 aliphatic rings. The third-order valence-corrected chi connectivity index (χ3v) is 2.03. The summed E-state index contributed by atoms with van der Waals surface area (Å²) in [6, 6.07) is -1.09. The summed E-state index contributed by atoms with van der Waals surface area (Å²) in [6.45, 7) is 3.60. The molecular formula is C10H17NO3. The zero-order chi connectivity index (χ0) is 11.1. The maximum absolute atomic E-state index is 11.5. The normalized spacial score (nSPS) is 15.4. The van der Waals surface area contributed by atoms with Crippen LogP contribution in [0.2, 0.25) is 0 Å². The Kier molecular flexibility index (Phi) is 5.79. The molecule has 4 nitrogen and oxygen atoms in total. The molecular weight excluding hydrogens is 182 g/mol. The van der Waals surface area contributed by atoms with Crippen molar-refractivity contribution >= 4 is 11.8 Å². The number of carbonyl (C=O) groups excluding carboxylic acids is 1. The van der Waals surface area contributed by atoms with Gasteiger partial charge in [0.25, 0.3) is 0 Å². The van der Waals surface area contributed by atoms with Crippen molar-refractivity contribution in [3.8, 4) is 0 Å². The summed E-state index contributed by atoms with van der Waals surface area (Å²) >= 11 is 0. The van der Waals surface area contributed by atoms with E-state index in [9.17, 15) is 9.59 Å². The summed E-state index contributed by atoms with van der Waals surface area (Å²) in [6.07, 6.45) is 4.29. The van der Waals surface area contributed by atoms with Gasteiger partial charge in [0.1, 0.15) is 0 Å². The second-order valence-corrected chi connectivity index (χ2v) is 3.17. The molecule has 0 saturated heterocycles. The van der Waals surface area contributed by atoms with Crippen LogP contribution in [-0.2, 0) is 9.59 Å². The fourth-order valence-electron chi connectivity index (χ4n) is 1.13. The van der Waals surface area contributed by atoms with Crippen molar-refractivity contribution in [2.75, 3.05) is 7.05 Å². The molecule has 0 aromatic heterocycles. The van der Waals surface area contributed by atoms with Crippen LogP contribution in [0, 0.1) is 5.92 Å². The molecule has 0 amide bonds. The summed E-state index contributed by atoms with van der Waals surface area (Å²) in [5, 5.41) is 11.2. The van der Waals surface area contributed by atoms with E-state index in [1.54, 1.807) is 6.92 Å². The standard InChI is InChI=1S/C10H17NO3/c1-4-5-6-7(2)9(12)8(11-3)10(13)14/h4-5,7-8,11H,6H2,1-3H3,(H,13,14)/t7-,8+/m1/s1. The molecule has 0 aromatic carbocycles. The van der Waals surface area contributed by atoms with Crippen LogP contribution in [-0.4, -0.2) is 29.9 Å². The van der Waals surface area contributed by atoms with Gasteiger partial charge in [-0.1, -0.05) is 19.1 Å². The van der Waals surface area contributed by atoms with Gasteiger partial charge in [-0.15, -0.1) is 0 Å². The molecule has 0 aliphatic heterocycles. The van der Waals surface area contributed by atoms with Crippen molar-refractivity contribution in [1.82, 2.24) is 5.32 Å². The Labute approximate surface area is 84.0 Å². The molecule has 0 radical (unpaired) electrons. The quantitative estimate of drug-likeness (QED) is 0.491. The van der Waals surface area contributed by atoms with Gasteiger partial charge in [0.05, 0.1) is 0 Å². The van der Waals surface area contributed by atoms with E-state index in [4.69, 9.17) is 5.11 Å². The van der Waals surface area contributed by atoms with E-state index in [1.165, 1.54) is 7.05 Å². The first-order valence-corrected chi connectivity index (χ1v) is 4.59. The van der Waals surface area contributed by atoms with Gasteiger partial charge in [-0.3, -0.25) is 9.59 Å². The molecule has 0 aromatic rings. The Balaban J connectivity index is 4.34. The number of hydrogen-bond donors (Lipinski definition) is 2. The first kappa shape index (κ1) is 12.8. The van der Waals surface area contributed by atoms with Crippen LogP contribution in [0.25, 0.3) is 0 Å². The Morgan fingerprint density at radius 1 is 1.50 bits per heavy atom. The van der Waals surface area contributed by atoms with Gasteiger partial charge in [0.15, 0.2) is 11.8 Å². The number of nitrogens with one attached hydrogen (secondary N) is 1. The average molecular weight is 199 g/mol. The largest absolute Gasteiger partial charge is 0.480 e. The van der Waals surface area contributed by atoms with E-state index < -0.39 is 12.0 Å². The van der Waals surface area contributed by atoms with Gasteiger partial charge in [-0.2, -0.15) is 0 Å². The van der Waals surface area contributed by atoms with E-state index >= 15 is 0 Å². The van der Waals surface area contributed by atoms with E-state index in [1.807, 2.05) is 19.1 Å². The van der Waals surface area contributed by atoms with Crippen molar-refractivity contribution in [2.24, 2.45) is 5.92 Å². The highest BCUT2D eigenvalue weighted by Crippen LogP contribution is 2.07. The number of likely N-dealkylation sites (N-methyl/N-ethyl adjacent to an activating group) is 1. The lowest BCUT2D eigenvalue weighted by molar-refractivity contribution is -0.144. The lowest BCUT2D eigenvalue weighted by Crippen LogP contribution is -2.43. The Bertz CT molecular complexity index is 236. The van der Waals surface area contributed by atoms with Crippen molar-refractivity contribution < 1.29 is 14.7 Å². The maximum Gasteiger partial charge on any atom is 0.328 e.